The lowest BCUT2D eigenvalue weighted by atomic mass is 9.74. The Morgan fingerprint density at radius 1 is 1.04 bits per heavy atom. The van der Waals surface area contributed by atoms with Crippen molar-refractivity contribution >= 4 is 5.82 Å². The van der Waals surface area contributed by atoms with E-state index in [1.54, 1.807) is 0 Å². The standard InChI is InChI=1S/C21H25N3O2/c1-2-4-19-18(3-1)11-21(16-26-19)14-24(15-21)20-6-5-17(12-22-20)13-23-7-9-25-10-8-23/h1-6,12H,7-11,13-16H2. The molecule has 2 fully saturated rings. The van der Waals surface area contributed by atoms with Gasteiger partial charge in [0.1, 0.15) is 11.6 Å². The summed E-state index contributed by atoms with van der Waals surface area (Å²) in [6, 6.07) is 12.8. The van der Waals surface area contributed by atoms with Gasteiger partial charge in [0.2, 0.25) is 0 Å². The summed E-state index contributed by atoms with van der Waals surface area (Å²) < 4.78 is 11.4. The minimum Gasteiger partial charge on any atom is -0.493 e. The molecule has 2 saturated heterocycles. The van der Waals surface area contributed by atoms with Crippen LogP contribution in [-0.2, 0) is 17.7 Å². The average molecular weight is 351 g/mol. The number of nitrogens with zero attached hydrogens (tertiary/aromatic N) is 3. The number of benzene rings is 1. The number of morpholine rings is 1. The van der Waals surface area contributed by atoms with Crippen molar-refractivity contribution in [3.8, 4) is 5.75 Å². The van der Waals surface area contributed by atoms with Crippen LogP contribution in [-0.4, -0.2) is 55.9 Å². The van der Waals surface area contributed by atoms with Crippen LogP contribution in [0.1, 0.15) is 11.1 Å². The van der Waals surface area contributed by atoms with Crippen LogP contribution in [0.25, 0.3) is 0 Å². The van der Waals surface area contributed by atoms with Gasteiger partial charge in [-0.15, -0.1) is 0 Å². The molecule has 5 heteroatoms. The van der Waals surface area contributed by atoms with Gasteiger partial charge in [-0.25, -0.2) is 4.98 Å². The van der Waals surface area contributed by atoms with E-state index in [0.29, 0.717) is 0 Å². The lowest BCUT2D eigenvalue weighted by Crippen LogP contribution is -2.61. The first kappa shape index (κ1) is 16.1. The van der Waals surface area contributed by atoms with E-state index < -0.39 is 0 Å². The molecule has 0 aliphatic carbocycles. The maximum Gasteiger partial charge on any atom is 0.128 e. The van der Waals surface area contributed by atoms with Crippen LogP contribution in [0.2, 0.25) is 0 Å². The minimum atomic E-state index is 0.252. The van der Waals surface area contributed by atoms with Crippen LogP contribution in [0.15, 0.2) is 42.6 Å². The van der Waals surface area contributed by atoms with Crippen molar-refractivity contribution in [2.45, 2.75) is 13.0 Å². The molecule has 0 N–H and O–H groups in total. The summed E-state index contributed by atoms with van der Waals surface area (Å²) in [6.07, 6.45) is 3.14. The molecule has 0 amide bonds. The first-order valence-corrected chi connectivity index (χ1v) is 9.50. The Hall–Kier alpha value is -2.11. The first-order chi connectivity index (χ1) is 12.8. The number of pyridine rings is 1. The zero-order valence-corrected chi connectivity index (χ0v) is 15.1. The van der Waals surface area contributed by atoms with Gasteiger partial charge in [-0.2, -0.15) is 0 Å². The number of anilines is 1. The molecule has 5 nitrogen and oxygen atoms in total. The molecule has 1 aromatic carbocycles. The van der Waals surface area contributed by atoms with Crippen molar-refractivity contribution < 1.29 is 9.47 Å². The summed E-state index contributed by atoms with van der Waals surface area (Å²) in [4.78, 5) is 9.51. The Kier molecular flexibility index (Phi) is 4.06. The zero-order valence-electron chi connectivity index (χ0n) is 15.1. The van der Waals surface area contributed by atoms with Gasteiger partial charge in [-0.1, -0.05) is 24.3 Å². The predicted molar refractivity (Wildman–Crippen MR) is 101 cm³/mol. The van der Waals surface area contributed by atoms with Crippen molar-refractivity contribution in [3.05, 3.63) is 53.7 Å². The van der Waals surface area contributed by atoms with Gasteiger partial charge in [0.05, 0.1) is 19.8 Å². The molecule has 2 aromatic rings. The Bertz CT molecular complexity index is 765. The Balaban J connectivity index is 1.20. The molecule has 0 bridgehead atoms. The highest BCUT2D eigenvalue weighted by Gasteiger charge is 2.46. The third-order valence-electron chi connectivity index (χ3n) is 5.77. The number of fused-ring (bicyclic) bond motifs is 1. The number of para-hydroxylation sites is 1. The Morgan fingerprint density at radius 3 is 2.69 bits per heavy atom. The molecular formula is C21H25N3O2. The van der Waals surface area contributed by atoms with Crippen LogP contribution < -0.4 is 9.64 Å². The van der Waals surface area contributed by atoms with Crippen molar-refractivity contribution in [2.24, 2.45) is 5.41 Å². The fourth-order valence-corrected chi connectivity index (χ4v) is 4.32. The molecule has 3 aliphatic rings. The number of hydrogen-bond acceptors (Lipinski definition) is 5. The molecule has 0 saturated carbocycles. The summed E-state index contributed by atoms with van der Waals surface area (Å²) in [5, 5.41) is 0. The molecule has 1 aromatic heterocycles. The Morgan fingerprint density at radius 2 is 1.88 bits per heavy atom. The fraction of sp³-hybridized carbons (Fsp3) is 0.476. The molecule has 3 aliphatic heterocycles. The normalized spacial score (nSPS) is 21.8. The summed E-state index contributed by atoms with van der Waals surface area (Å²) in [7, 11) is 0. The van der Waals surface area contributed by atoms with Crippen molar-refractivity contribution in [1.82, 2.24) is 9.88 Å². The highest BCUT2D eigenvalue weighted by molar-refractivity contribution is 5.46. The summed E-state index contributed by atoms with van der Waals surface area (Å²) in [6.45, 7) is 7.53. The molecule has 1 spiro atoms. The van der Waals surface area contributed by atoms with Crippen LogP contribution in [0.5, 0.6) is 5.75 Å². The molecule has 0 radical (unpaired) electrons. The summed E-state index contributed by atoms with van der Waals surface area (Å²) >= 11 is 0. The minimum absolute atomic E-state index is 0.252. The van der Waals surface area contributed by atoms with Crippen molar-refractivity contribution in [3.63, 3.8) is 0 Å². The second kappa shape index (κ2) is 6.56. The lowest BCUT2D eigenvalue weighted by molar-refractivity contribution is 0.0341. The maximum atomic E-state index is 6.01. The molecule has 26 heavy (non-hydrogen) atoms. The Labute approximate surface area is 154 Å². The molecule has 136 valence electrons. The summed E-state index contributed by atoms with van der Waals surface area (Å²) in [5.41, 5.74) is 2.87. The fourth-order valence-electron chi connectivity index (χ4n) is 4.32. The number of aromatic nitrogens is 1. The molecule has 5 rings (SSSR count). The molecular weight excluding hydrogens is 326 g/mol. The third kappa shape index (κ3) is 3.06. The molecule has 0 unspecified atom stereocenters. The van der Waals surface area contributed by atoms with E-state index in [4.69, 9.17) is 14.5 Å². The monoisotopic (exact) mass is 351 g/mol. The van der Waals surface area contributed by atoms with E-state index in [2.05, 4.69) is 40.1 Å². The number of hydrogen-bond donors (Lipinski definition) is 0. The van der Waals surface area contributed by atoms with E-state index in [9.17, 15) is 0 Å². The van der Waals surface area contributed by atoms with Crippen LogP contribution in [0.4, 0.5) is 5.82 Å². The van der Waals surface area contributed by atoms with Gasteiger partial charge in [0, 0.05) is 44.3 Å². The average Bonchev–Trinajstić information content (AvgIpc) is 2.67. The first-order valence-electron chi connectivity index (χ1n) is 9.50. The zero-order chi connectivity index (χ0) is 17.4. The number of ether oxygens (including phenoxy) is 2. The number of rotatable bonds is 3. The maximum absolute atomic E-state index is 6.01. The van der Waals surface area contributed by atoms with Gasteiger partial charge in [0.25, 0.3) is 0 Å². The van der Waals surface area contributed by atoms with E-state index in [0.717, 1.165) is 70.5 Å². The highest BCUT2D eigenvalue weighted by Crippen LogP contribution is 2.42. The molecule has 0 atom stereocenters. The second-order valence-corrected chi connectivity index (χ2v) is 7.84. The van der Waals surface area contributed by atoms with E-state index in [-0.39, 0.29) is 5.41 Å². The van der Waals surface area contributed by atoms with Gasteiger partial charge < -0.3 is 14.4 Å². The van der Waals surface area contributed by atoms with Crippen LogP contribution in [0.3, 0.4) is 0 Å². The predicted octanol–water partition coefficient (Wildman–Crippen LogP) is 2.36. The van der Waals surface area contributed by atoms with E-state index in [1.165, 1.54) is 11.1 Å². The van der Waals surface area contributed by atoms with E-state index in [1.807, 2.05) is 12.3 Å². The topological polar surface area (TPSA) is 37.8 Å². The summed E-state index contributed by atoms with van der Waals surface area (Å²) in [5.74, 6) is 2.14. The SMILES string of the molecule is c1ccc2c(c1)CC1(CO2)CN(c2ccc(CN3CCOCC3)cn2)C1. The van der Waals surface area contributed by atoms with E-state index >= 15 is 0 Å². The van der Waals surface area contributed by atoms with Crippen LogP contribution in [0, 0.1) is 5.41 Å². The van der Waals surface area contributed by atoms with Crippen LogP contribution >= 0.6 is 0 Å². The molecule has 4 heterocycles. The third-order valence-corrected chi connectivity index (χ3v) is 5.77. The highest BCUT2D eigenvalue weighted by atomic mass is 16.5. The van der Waals surface area contributed by atoms with Crippen molar-refractivity contribution in [2.75, 3.05) is 50.9 Å². The van der Waals surface area contributed by atoms with Gasteiger partial charge >= 0.3 is 0 Å². The van der Waals surface area contributed by atoms with Gasteiger partial charge in [-0.05, 0) is 29.7 Å². The van der Waals surface area contributed by atoms with Gasteiger partial charge in [0.15, 0.2) is 0 Å². The second-order valence-electron chi connectivity index (χ2n) is 7.84. The smallest absolute Gasteiger partial charge is 0.128 e. The quantitative estimate of drug-likeness (QED) is 0.849. The largest absolute Gasteiger partial charge is 0.493 e. The van der Waals surface area contributed by atoms with Crippen molar-refractivity contribution in [1.29, 1.82) is 0 Å². The lowest BCUT2D eigenvalue weighted by Gasteiger charge is -2.52. The van der Waals surface area contributed by atoms with Gasteiger partial charge in [-0.3, -0.25) is 4.90 Å².